The molecular formula is C7H7IN4. The van der Waals surface area contributed by atoms with Crippen molar-refractivity contribution < 1.29 is 0 Å². The summed E-state index contributed by atoms with van der Waals surface area (Å²) in [6, 6.07) is 0. The monoisotopic (exact) mass is 274 g/mol. The molecule has 0 radical (unpaired) electrons. The van der Waals surface area contributed by atoms with E-state index in [0.717, 1.165) is 20.9 Å². The predicted octanol–water partition coefficient (Wildman–Crippen LogP) is 1.35. The fraction of sp³-hybridized carbons (Fsp3) is 0.286. The molecule has 2 heterocycles. The molecule has 0 unspecified atom stereocenters. The number of nitrogens with zero attached hydrogens (tertiary/aromatic N) is 4. The van der Waals surface area contributed by atoms with Crippen LogP contribution >= 0.6 is 22.6 Å². The van der Waals surface area contributed by atoms with E-state index in [-0.39, 0.29) is 0 Å². The van der Waals surface area contributed by atoms with Crippen molar-refractivity contribution in [2.24, 2.45) is 0 Å². The van der Waals surface area contributed by atoms with Gasteiger partial charge in [0.05, 0.1) is 5.69 Å². The van der Waals surface area contributed by atoms with Gasteiger partial charge in [0.1, 0.15) is 9.53 Å². The molecular weight excluding hydrogens is 267 g/mol. The molecule has 0 fully saturated rings. The number of aryl methyl sites for hydroxylation is 2. The van der Waals surface area contributed by atoms with E-state index >= 15 is 0 Å². The average Bonchev–Trinajstić information content (AvgIpc) is 2.33. The van der Waals surface area contributed by atoms with Gasteiger partial charge in [-0.3, -0.25) is 4.40 Å². The first kappa shape index (κ1) is 7.90. The molecule has 0 aromatic carbocycles. The Morgan fingerprint density at radius 1 is 1.33 bits per heavy atom. The first-order valence-corrected chi connectivity index (χ1v) is 4.61. The Morgan fingerprint density at radius 2 is 2.08 bits per heavy atom. The Kier molecular flexibility index (Phi) is 1.75. The van der Waals surface area contributed by atoms with E-state index in [2.05, 4.69) is 37.8 Å². The molecule has 2 rings (SSSR count). The van der Waals surface area contributed by atoms with Gasteiger partial charge in [-0.15, -0.1) is 10.2 Å². The molecule has 0 aliphatic carbocycles. The van der Waals surface area contributed by atoms with Crippen molar-refractivity contribution in [3.8, 4) is 0 Å². The highest BCUT2D eigenvalue weighted by Gasteiger charge is 2.05. The number of hydrogen-bond acceptors (Lipinski definition) is 3. The molecule has 0 aliphatic heterocycles. The highest BCUT2D eigenvalue weighted by molar-refractivity contribution is 14.1. The Morgan fingerprint density at radius 3 is 2.83 bits per heavy atom. The lowest BCUT2D eigenvalue weighted by Gasteiger charge is -1.97. The molecule has 0 bridgehead atoms. The second kappa shape index (κ2) is 2.65. The number of halogens is 1. The van der Waals surface area contributed by atoms with Crippen molar-refractivity contribution >= 4 is 28.2 Å². The zero-order valence-electron chi connectivity index (χ0n) is 6.74. The van der Waals surface area contributed by atoms with Gasteiger partial charge in [0.2, 0.25) is 0 Å². The molecule has 62 valence electrons. The molecule has 4 nitrogen and oxygen atoms in total. The molecule has 0 N–H and O–H groups in total. The Labute approximate surface area is 83.2 Å². The summed E-state index contributed by atoms with van der Waals surface area (Å²) < 4.78 is 2.84. The minimum atomic E-state index is 0.832. The van der Waals surface area contributed by atoms with Gasteiger partial charge < -0.3 is 0 Å². The van der Waals surface area contributed by atoms with Crippen molar-refractivity contribution in [1.29, 1.82) is 0 Å². The number of rotatable bonds is 0. The van der Waals surface area contributed by atoms with Crippen LogP contribution in [0.25, 0.3) is 5.65 Å². The van der Waals surface area contributed by atoms with E-state index in [1.54, 1.807) is 0 Å². The summed E-state index contributed by atoms with van der Waals surface area (Å²) in [5.41, 5.74) is 1.81. The SMILES string of the molecule is Cc1cn2c(C)nnc2c(I)n1. The Bertz CT molecular complexity index is 434. The molecule has 0 aliphatic rings. The summed E-state index contributed by atoms with van der Waals surface area (Å²) in [5, 5.41) is 7.97. The molecule has 0 spiro atoms. The van der Waals surface area contributed by atoms with Gasteiger partial charge in [-0.05, 0) is 36.4 Å². The third kappa shape index (κ3) is 1.08. The molecule has 0 saturated carbocycles. The maximum atomic E-state index is 4.28. The van der Waals surface area contributed by atoms with E-state index in [4.69, 9.17) is 0 Å². The largest absolute Gasteiger partial charge is 0.283 e. The first-order chi connectivity index (χ1) is 5.68. The Balaban J connectivity index is 2.92. The zero-order chi connectivity index (χ0) is 8.72. The van der Waals surface area contributed by atoms with Crippen LogP contribution in [0.4, 0.5) is 0 Å². The lowest BCUT2D eigenvalue weighted by atomic mass is 10.5. The molecule has 5 heteroatoms. The lowest BCUT2D eigenvalue weighted by Crippen LogP contribution is -1.95. The van der Waals surface area contributed by atoms with Crippen molar-refractivity contribution in [1.82, 2.24) is 19.6 Å². The number of aromatic nitrogens is 4. The molecule has 2 aromatic rings. The fourth-order valence-corrected chi connectivity index (χ4v) is 1.83. The highest BCUT2D eigenvalue weighted by atomic mass is 127. The minimum Gasteiger partial charge on any atom is -0.283 e. The minimum absolute atomic E-state index is 0.832. The van der Waals surface area contributed by atoms with Crippen LogP contribution in [0.3, 0.4) is 0 Å². The number of hydrogen-bond donors (Lipinski definition) is 0. The van der Waals surface area contributed by atoms with Crippen LogP contribution in [0.15, 0.2) is 6.20 Å². The lowest BCUT2D eigenvalue weighted by molar-refractivity contribution is 0.984. The quantitative estimate of drug-likeness (QED) is 0.681. The van der Waals surface area contributed by atoms with Crippen LogP contribution in [0.2, 0.25) is 0 Å². The van der Waals surface area contributed by atoms with E-state index in [1.165, 1.54) is 0 Å². The summed E-state index contributed by atoms with van der Waals surface area (Å²) >= 11 is 2.16. The van der Waals surface area contributed by atoms with E-state index in [1.807, 2.05) is 24.4 Å². The van der Waals surface area contributed by atoms with Crippen LogP contribution in [-0.4, -0.2) is 19.6 Å². The normalized spacial score (nSPS) is 10.9. The van der Waals surface area contributed by atoms with E-state index in [0.29, 0.717) is 0 Å². The first-order valence-electron chi connectivity index (χ1n) is 3.53. The van der Waals surface area contributed by atoms with Crippen LogP contribution in [0, 0.1) is 17.5 Å². The third-order valence-electron chi connectivity index (χ3n) is 1.64. The maximum Gasteiger partial charge on any atom is 0.193 e. The molecule has 0 saturated heterocycles. The van der Waals surface area contributed by atoms with Crippen LogP contribution in [0.5, 0.6) is 0 Å². The van der Waals surface area contributed by atoms with Crippen molar-refractivity contribution in [3.63, 3.8) is 0 Å². The van der Waals surface area contributed by atoms with Gasteiger partial charge in [0, 0.05) is 6.20 Å². The third-order valence-corrected chi connectivity index (χ3v) is 2.36. The predicted molar refractivity (Wildman–Crippen MR) is 53.0 cm³/mol. The van der Waals surface area contributed by atoms with E-state index < -0.39 is 0 Å². The van der Waals surface area contributed by atoms with Gasteiger partial charge >= 0.3 is 0 Å². The summed E-state index contributed by atoms with van der Waals surface area (Å²) in [6.45, 7) is 3.89. The highest BCUT2D eigenvalue weighted by Crippen LogP contribution is 2.10. The zero-order valence-corrected chi connectivity index (χ0v) is 8.90. The average molecular weight is 274 g/mol. The van der Waals surface area contributed by atoms with Crippen LogP contribution < -0.4 is 0 Å². The summed E-state index contributed by atoms with van der Waals surface area (Å²) in [7, 11) is 0. The van der Waals surface area contributed by atoms with Crippen molar-refractivity contribution in [2.75, 3.05) is 0 Å². The second-order valence-corrected chi connectivity index (χ2v) is 3.64. The molecule has 0 atom stereocenters. The van der Waals surface area contributed by atoms with Gasteiger partial charge in [-0.1, -0.05) is 0 Å². The van der Waals surface area contributed by atoms with Gasteiger partial charge in [0.25, 0.3) is 0 Å². The standard InChI is InChI=1S/C7H7IN4/c1-4-3-12-5(2)10-11-7(12)6(8)9-4/h3H,1-2H3. The summed E-state index contributed by atoms with van der Waals surface area (Å²) in [4.78, 5) is 4.28. The Hall–Kier alpha value is -0.720. The van der Waals surface area contributed by atoms with Crippen LogP contribution in [-0.2, 0) is 0 Å². The smallest absolute Gasteiger partial charge is 0.193 e. The van der Waals surface area contributed by atoms with Gasteiger partial charge in [-0.2, -0.15) is 0 Å². The molecule has 2 aromatic heterocycles. The number of fused-ring (bicyclic) bond motifs is 1. The maximum absolute atomic E-state index is 4.28. The molecule has 12 heavy (non-hydrogen) atoms. The fourth-order valence-electron chi connectivity index (χ4n) is 1.09. The van der Waals surface area contributed by atoms with Crippen LogP contribution in [0.1, 0.15) is 11.5 Å². The van der Waals surface area contributed by atoms with Crippen molar-refractivity contribution in [3.05, 3.63) is 21.4 Å². The summed E-state index contributed by atoms with van der Waals surface area (Å²) in [6.07, 6.45) is 1.94. The van der Waals surface area contributed by atoms with Gasteiger partial charge in [-0.25, -0.2) is 4.98 Å². The molecule has 0 amide bonds. The van der Waals surface area contributed by atoms with E-state index in [9.17, 15) is 0 Å². The second-order valence-electron chi connectivity index (χ2n) is 2.61. The van der Waals surface area contributed by atoms with Gasteiger partial charge in [0.15, 0.2) is 5.65 Å². The van der Waals surface area contributed by atoms with Crippen molar-refractivity contribution in [2.45, 2.75) is 13.8 Å². The topological polar surface area (TPSA) is 43.1 Å². The summed E-state index contributed by atoms with van der Waals surface area (Å²) in [5.74, 6) is 0.897.